The summed E-state index contributed by atoms with van der Waals surface area (Å²) in [6.45, 7) is 3.81. The first-order valence-electron chi connectivity index (χ1n) is 6.23. The van der Waals surface area contributed by atoms with Crippen LogP contribution in [0.3, 0.4) is 0 Å². The highest BCUT2D eigenvalue weighted by Gasteiger charge is 2.42. The zero-order valence-electron chi connectivity index (χ0n) is 10.1. The smallest absolute Gasteiger partial charge is 0.228 e. The number of rotatable bonds is 2. The van der Waals surface area contributed by atoms with Crippen molar-refractivity contribution in [1.82, 2.24) is 4.90 Å². The van der Waals surface area contributed by atoms with Crippen molar-refractivity contribution in [2.24, 2.45) is 11.1 Å². The summed E-state index contributed by atoms with van der Waals surface area (Å²) in [4.78, 5) is 14.4. The average molecular weight is 247 g/mol. The quantitative estimate of drug-likeness (QED) is 0.810. The van der Waals surface area contributed by atoms with E-state index in [1.54, 1.807) is 0 Å². The van der Waals surface area contributed by atoms with Gasteiger partial charge in [-0.3, -0.25) is 4.79 Å². The summed E-state index contributed by atoms with van der Waals surface area (Å²) in [5, 5.41) is 0. The molecule has 0 bridgehead atoms. The second-order valence-electron chi connectivity index (χ2n) is 5.14. The summed E-state index contributed by atoms with van der Waals surface area (Å²) >= 11 is 0. The molecule has 2 N–H and O–H groups in total. The zero-order chi connectivity index (χ0) is 10.9. The number of halogens is 1. The minimum atomic E-state index is -0.0237. The fourth-order valence-electron chi connectivity index (χ4n) is 3.08. The molecule has 1 aliphatic heterocycles. The van der Waals surface area contributed by atoms with Crippen molar-refractivity contribution < 1.29 is 4.79 Å². The number of nitrogens with two attached hydrogens (primary N) is 1. The van der Waals surface area contributed by atoms with E-state index < -0.39 is 0 Å². The highest BCUT2D eigenvalue weighted by atomic mass is 35.5. The molecule has 0 aromatic rings. The molecular weight excluding hydrogens is 224 g/mol. The van der Waals surface area contributed by atoms with Gasteiger partial charge < -0.3 is 10.6 Å². The lowest BCUT2D eigenvalue weighted by molar-refractivity contribution is -0.141. The van der Waals surface area contributed by atoms with Crippen molar-refractivity contribution in [3.8, 4) is 0 Å². The van der Waals surface area contributed by atoms with Crippen LogP contribution in [0.25, 0.3) is 0 Å². The first kappa shape index (κ1) is 13.8. The maximum atomic E-state index is 12.4. The number of likely N-dealkylation sites (tertiary alicyclic amines) is 1. The summed E-state index contributed by atoms with van der Waals surface area (Å²) < 4.78 is 0. The normalized spacial score (nSPS) is 27.9. The second kappa shape index (κ2) is 5.37. The first-order chi connectivity index (χ1) is 7.18. The molecule has 1 saturated heterocycles. The highest BCUT2D eigenvalue weighted by molar-refractivity contribution is 5.85. The molecule has 16 heavy (non-hydrogen) atoms. The molecule has 2 rings (SSSR count). The molecule has 1 atom stereocenters. The zero-order valence-corrected chi connectivity index (χ0v) is 10.9. The van der Waals surface area contributed by atoms with Gasteiger partial charge in [-0.1, -0.05) is 19.8 Å². The van der Waals surface area contributed by atoms with E-state index >= 15 is 0 Å². The van der Waals surface area contributed by atoms with Gasteiger partial charge in [-0.25, -0.2) is 0 Å². The molecule has 0 radical (unpaired) electrons. The number of hydrogen-bond donors (Lipinski definition) is 1. The van der Waals surface area contributed by atoms with Gasteiger partial charge in [0.1, 0.15) is 0 Å². The van der Waals surface area contributed by atoms with Gasteiger partial charge in [0.25, 0.3) is 0 Å². The van der Waals surface area contributed by atoms with Crippen LogP contribution in [0.2, 0.25) is 0 Å². The molecule has 1 amide bonds. The molecule has 94 valence electrons. The lowest BCUT2D eigenvalue weighted by Gasteiger charge is -2.31. The minimum absolute atomic E-state index is 0. The van der Waals surface area contributed by atoms with E-state index in [9.17, 15) is 4.79 Å². The standard InChI is InChI=1S/C12H22N2O.ClH/c1-2-12(6-3-4-7-12)11(15)14-8-5-10(13)9-14;/h10H,2-9,13H2,1H3;1H. The highest BCUT2D eigenvalue weighted by Crippen LogP contribution is 2.42. The Morgan fingerprint density at radius 3 is 2.50 bits per heavy atom. The van der Waals surface area contributed by atoms with Crippen LogP contribution in [-0.4, -0.2) is 29.9 Å². The largest absolute Gasteiger partial charge is 0.341 e. The van der Waals surface area contributed by atoms with E-state index in [0.29, 0.717) is 5.91 Å². The van der Waals surface area contributed by atoms with Crippen LogP contribution >= 0.6 is 12.4 Å². The fourth-order valence-corrected chi connectivity index (χ4v) is 3.08. The van der Waals surface area contributed by atoms with E-state index in [1.165, 1.54) is 12.8 Å². The predicted molar refractivity (Wildman–Crippen MR) is 67.6 cm³/mol. The van der Waals surface area contributed by atoms with Gasteiger partial charge in [0.2, 0.25) is 5.91 Å². The SMILES string of the molecule is CCC1(C(=O)N2CCC(N)C2)CCCC1.Cl. The maximum Gasteiger partial charge on any atom is 0.228 e. The third kappa shape index (κ3) is 2.35. The molecule has 3 nitrogen and oxygen atoms in total. The van der Waals surface area contributed by atoms with E-state index in [4.69, 9.17) is 5.73 Å². The summed E-state index contributed by atoms with van der Waals surface area (Å²) in [7, 11) is 0. The fraction of sp³-hybridized carbons (Fsp3) is 0.917. The van der Waals surface area contributed by atoms with Crippen molar-refractivity contribution in [2.75, 3.05) is 13.1 Å². The van der Waals surface area contributed by atoms with Gasteiger partial charge in [0, 0.05) is 24.5 Å². The summed E-state index contributed by atoms with van der Waals surface area (Å²) in [6.07, 6.45) is 6.60. The Balaban J connectivity index is 0.00000128. The van der Waals surface area contributed by atoms with E-state index in [-0.39, 0.29) is 23.9 Å². The number of carbonyl (C=O) groups is 1. The number of nitrogens with zero attached hydrogens (tertiary/aromatic N) is 1. The molecular formula is C12H23ClN2O. The third-order valence-corrected chi connectivity index (χ3v) is 4.20. The van der Waals surface area contributed by atoms with Crippen molar-refractivity contribution in [1.29, 1.82) is 0 Å². The van der Waals surface area contributed by atoms with Gasteiger partial charge in [0.05, 0.1) is 0 Å². The molecule has 2 fully saturated rings. The van der Waals surface area contributed by atoms with Crippen molar-refractivity contribution in [2.45, 2.75) is 51.5 Å². The van der Waals surface area contributed by atoms with E-state index in [0.717, 1.165) is 38.8 Å². The van der Waals surface area contributed by atoms with Crippen molar-refractivity contribution >= 4 is 18.3 Å². The van der Waals surface area contributed by atoms with E-state index in [2.05, 4.69) is 6.92 Å². The maximum absolute atomic E-state index is 12.4. The van der Waals surface area contributed by atoms with E-state index in [1.807, 2.05) is 4.90 Å². The lowest BCUT2D eigenvalue weighted by Crippen LogP contribution is -2.42. The monoisotopic (exact) mass is 246 g/mol. The minimum Gasteiger partial charge on any atom is -0.341 e. The molecule has 1 aliphatic carbocycles. The van der Waals surface area contributed by atoms with Gasteiger partial charge >= 0.3 is 0 Å². The Kier molecular flexibility index (Phi) is 4.62. The summed E-state index contributed by atoms with van der Waals surface area (Å²) in [6, 6.07) is 0.212. The molecule has 0 aromatic carbocycles. The predicted octanol–water partition coefficient (Wildman–Crippen LogP) is 1.94. The number of carbonyl (C=O) groups excluding carboxylic acids is 1. The van der Waals surface area contributed by atoms with Gasteiger partial charge in [-0.15, -0.1) is 12.4 Å². The number of hydrogen-bond acceptors (Lipinski definition) is 2. The van der Waals surface area contributed by atoms with Crippen LogP contribution in [0.15, 0.2) is 0 Å². The Morgan fingerprint density at radius 2 is 2.06 bits per heavy atom. The van der Waals surface area contributed by atoms with Crippen LogP contribution < -0.4 is 5.73 Å². The van der Waals surface area contributed by atoms with Crippen molar-refractivity contribution in [3.05, 3.63) is 0 Å². The molecule has 0 spiro atoms. The van der Waals surface area contributed by atoms with Crippen LogP contribution in [0, 0.1) is 5.41 Å². The molecule has 0 aromatic heterocycles. The average Bonchev–Trinajstić information content (AvgIpc) is 2.86. The topological polar surface area (TPSA) is 46.3 Å². The van der Waals surface area contributed by atoms with Crippen LogP contribution in [-0.2, 0) is 4.79 Å². The number of amides is 1. The van der Waals surface area contributed by atoms with Crippen molar-refractivity contribution in [3.63, 3.8) is 0 Å². The van der Waals surface area contributed by atoms with Gasteiger partial charge in [0.15, 0.2) is 0 Å². The summed E-state index contributed by atoms with van der Waals surface area (Å²) in [5.74, 6) is 0.385. The Bertz CT molecular complexity index is 251. The first-order valence-corrected chi connectivity index (χ1v) is 6.23. The lowest BCUT2D eigenvalue weighted by atomic mass is 9.82. The Labute approximate surface area is 104 Å². The Hall–Kier alpha value is -0.280. The third-order valence-electron chi connectivity index (χ3n) is 4.20. The van der Waals surface area contributed by atoms with Gasteiger partial charge in [-0.05, 0) is 25.7 Å². The molecule has 2 aliphatic rings. The molecule has 4 heteroatoms. The van der Waals surface area contributed by atoms with Crippen LogP contribution in [0.4, 0.5) is 0 Å². The van der Waals surface area contributed by atoms with Crippen LogP contribution in [0.5, 0.6) is 0 Å². The molecule has 1 heterocycles. The molecule has 1 unspecified atom stereocenters. The molecule has 1 saturated carbocycles. The second-order valence-corrected chi connectivity index (χ2v) is 5.14. The van der Waals surface area contributed by atoms with Crippen LogP contribution in [0.1, 0.15) is 45.4 Å². The summed E-state index contributed by atoms with van der Waals surface area (Å²) in [5.41, 5.74) is 5.83. The van der Waals surface area contributed by atoms with Gasteiger partial charge in [-0.2, -0.15) is 0 Å². The Morgan fingerprint density at radius 1 is 1.44 bits per heavy atom.